The smallest absolute Gasteiger partial charge is 0.225 e. The summed E-state index contributed by atoms with van der Waals surface area (Å²) in [5.41, 5.74) is 3.16. The number of Topliss-reactive ketones (excluding diaryl/α,β-unsaturated/α-hetero) is 1. The lowest BCUT2D eigenvalue weighted by atomic mass is 9.73. The Labute approximate surface area is 163 Å². The zero-order valence-electron chi connectivity index (χ0n) is 15.7. The van der Waals surface area contributed by atoms with E-state index in [1.165, 1.54) is 12.1 Å². The first-order chi connectivity index (χ1) is 13.6. The highest BCUT2D eigenvalue weighted by atomic mass is 19.1. The van der Waals surface area contributed by atoms with Crippen molar-refractivity contribution < 1.29 is 18.7 Å². The predicted molar refractivity (Wildman–Crippen MR) is 104 cm³/mol. The molecule has 2 aromatic carbocycles. The summed E-state index contributed by atoms with van der Waals surface area (Å²) in [5, 5.41) is 2.92. The maximum absolute atomic E-state index is 13.2. The van der Waals surface area contributed by atoms with Gasteiger partial charge in [-0.2, -0.15) is 0 Å². The number of nitrogens with one attached hydrogen (secondary N) is 1. The van der Waals surface area contributed by atoms with Crippen LogP contribution in [0.5, 0.6) is 5.75 Å². The molecule has 0 fully saturated rings. The third-order valence-electron chi connectivity index (χ3n) is 5.47. The molecule has 2 aliphatic rings. The Kier molecular flexibility index (Phi) is 4.99. The predicted octanol–water partition coefficient (Wildman–Crippen LogP) is 4.23. The van der Waals surface area contributed by atoms with Gasteiger partial charge in [0, 0.05) is 35.6 Å². The highest BCUT2D eigenvalue weighted by Gasteiger charge is 2.39. The Bertz CT molecular complexity index is 949. The summed E-state index contributed by atoms with van der Waals surface area (Å²) in [6.45, 7) is 2.43. The van der Waals surface area contributed by atoms with Crippen LogP contribution in [-0.4, -0.2) is 18.3 Å². The molecule has 1 amide bonds. The number of halogens is 1. The van der Waals surface area contributed by atoms with Crippen molar-refractivity contribution in [3.8, 4) is 5.75 Å². The van der Waals surface area contributed by atoms with E-state index in [0.717, 1.165) is 11.1 Å². The molecular weight excluding hydrogens is 357 g/mol. The lowest BCUT2D eigenvalue weighted by molar-refractivity contribution is -0.122. The molecule has 1 aliphatic heterocycles. The van der Waals surface area contributed by atoms with Crippen LogP contribution in [0.1, 0.15) is 49.1 Å². The molecule has 1 aliphatic carbocycles. The lowest BCUT2D eigenvalue weighted by Crippen LogP contribution is -2.38. The molecule has 5 heteroatoms. The van der Waals surface area contributed by atoms with Crippen LogP contribution >= 0.6 is 0 Å². The minimum atomic E-state index is -0.302. The fraction of sp³-hybridized carbons (Fsp3) is 0.304. The van der Waals surface area contributed by atoms with Gasteiger partial charge in [0.25, 0.3) is 0 Å². The average molecular weight is 379 g/mol. The van der Waals surface area contributed by atoms with Crippen LogP contribution in [0.3, 0.4) is 0 Å². The second kappa shape index (κ2) is 7.58. The number of hydrogen-bond donors (Lipinski definition) is 1. The van der Waals surface area contributed by atoms with E-state index in [9.17, 15) is 14.0 Å². The van der Waals surface area contributed by atoms with Crippen molar-refractivity contribution in [1.82, 2.24) is 5.32 Å². The van der Waals surface area contributed by atoms with Gasteiger partial charge in [0.1, 0.15) is 11.6 Å². The van der Waals surface area contributed by atoms with E-state index in [2.05, 4.69) is 5.32 Å². The molecule has 0 bridgehead atoms. The second-order valence-corrected chi connectivity index (χ2v) is 7.25. The maximum Gasteiger partial charge on any atom is 0.225 e. The number of para-hydroxylation sites is 1. The Morgan fingerprint density at radius 3 is 2.54 bits per heavy atom. The number of ketones is 1. The Morgan fingerprint density at radius 1 is 1.04 bits per heavy atom. The molecule has 4 rings (SSSR count). The van der Waals surface area contributed by atoms with E-state index >= 15 is 0 Å². The number of allylic oxidation sites excluding steroid dienone is 2. The molecular formula is C23H22FNO3. The van der Waals surface area contributed by atoms with E-state index in [-0.39, 0.29) is 35.8 Å². The maximum atomic E-state index is 13.2. The normalized spacial score (nSPS) is 21.9. The fourth-order valence-electron chi connectivity index (χ4n) is 4.25. The first kappa shape index (κ1) is 18.4. The summed E-state index contributed by atoms with van der Waals surface area (Å²) < 4.78 is 19.0. The van der Waals surface area contributed by atoms with Crippen molar-refractivity contribution in [1.29, 1.82) is 0 Å². The minimum absolute atomic E-state index is 0.0341. The van der Waals surface area contributed by atoms with Crippen molar-refractivity contribution in [2.75, 3.05) is 6.61 Å². The molecule has 1 heterocycles. The zero-order chi connectivity index (χ0) is 19.7. The van der Waals surface area contributed by atoms with Gasteiger partial charge in [0.2, 0.25) is 5.91 Å². The van der Waals surface area contributed by atoms with Crippen molar-refractivity contribution >= 4 is 11.7 Å². The Balaban J connectivity index is 1.72. The first-order valence-electron chi connectivity index (χ1n) is 9.60. The van der Waals surface area contributed by atoms with Crippen molar-refractivity contribution in [3.63, 3.8) is 0 Å². The van der Waals surface area contributed by atoms with Gasteiger partial charge in [0.15, 0.2) is 5.78 Å². The SMILES string of the molecule is CCOc1ccccc1[C@H]1CC(=O)NC2=C1C(=O)C[C@H](c1ccc(F)cc1)C2. The molecule has 0 saturated carbocycles. The number of ether oxygens (including phenoxy) is 1. The Morgan fingerprint density at radius 2 is 1.79 bits per heavy atom. The summed E-state index contributed by atoms with van der Waals surface area (Å²) >= 11 is 0. The molecule has 1 N–H and O–H groups in total. The molecule has 28 heavy (non-hydrogen) atoms. The third-order valence-corrected chi connectivity index (χ3v) is 5.47. The first-order valence-corrected chi connectivity index (χ1v) is 9.60. The molecule has 144 valence electrons. The average Bonchev–Trinajstić information content (AvgIpc) is 2.68. The minimum Gasteiger partial charge on any atom is -0.494 e. The molecule has 0 spiro atoms. The zero-order valence-corrected chi connectivity index (χ0v) is 15.7. The number of benzene rings is 2. The third kappa shape index (κ3) is 3.44. The van der Waals surface area contributed by atoms with E-state index in [0.29, 0.717) is 36.5 Å². The van der Waals surface area contributed by atoms with E-state index < -0.39 is 0 Å². The summed E-state index contributed by atoms with van der Waals surface area (Å²) in [6, 6.07) is 13.8. The largest absolute Gasteiger partial charge is 0.494 e. The second-order valence-electron chi connectivity index (χ2n) is 7.25. The van der Waals surface area contributed by atoms with Crippen molar-refractivity contribution in [3.05, 3.63) is 76.7 Å². The van der Waals surface area contributed by atoms with Crippen LogP contribution in [0.4, 0.5) is 4.39 Å². The fourth-order valence-corrected chi connectivity index (χ4v) is 4.25. The van der Waals surface area contributed by atoms with Gasteiger partial charge in [-0.1, -0.05) is 30.3 Å². The quantitative estimate of drug-likeness (QED) is 0.865. The number of carbonyl (C=O) groups excluding carboxylic acids is 2. The summed E-state index contributed by atoms with van der Waals surface area (Å²) in [6.07, 6.45) is 1.15. The topological polar surface area (TPSA) is 55.4 Å². The van der Waals surface area contributed by atoms with Gasteiger partial charge in [-0.15, -0.1) is 0 Å². The van der Waals surface area contributed by atoms with Gasteiger partial charge < -0.3 is 10.1 Å². The number of carbonyl (C=O) groups is 2. The Hall–Kier alpha value is -2.95. The lowest BCUT2D eigenvalue weighted by Gasteiger charge is -2.35. The van der Waals surface area contributed by atoms with Gasteiger partial charge in [-0.3, -0.25) is 9.59 Å². The number of hydrogen-bond acceptors (Lipinski definition) is 3. The van der Waals surface area contributed by atoms with Gasteiger partial charge in [-0.05, 0) is 43.0 Å². The summed E-state index contributed by atoms with van der Waals surface area (Å²) in [4.78, 5) is 25.5. The van der Waals surface area contributed by atoms with Crippen LogP contribution in [0, 0.1) is 5.82 Å². The molecule has 4 nitrogen and oxygen atoms in total. The van der Waals surface area contributed by atoms with Crippen molar-refractivity contribution in [2.24, 2.45) is 0 Å². The van der Waals surface area contributed by atoms with Crippen LogP contribution in [0.15, 0.2) is 59.8 Å². The molecule has 0 unspecified atom stereocenters. The van der Waals surface area contributed by atoms with E-state index in [1.54, 1.807) is 12.1 Å². The van der Waals surface area contributed by atoms with Crippen molar-refractivity contribution in [2.45, 2.75) is 38.0 Å². The molecule has 0 radical (unpaired) electrons. The van der Waals surface area contributed by atoms with E-state index in [4.69, 9.17) is 4.74 Å². The van der Waals surface area contributed by atoms with Crippen LogP contribution in [-0.2, 0) is 9.59 Å². The van der Waals surface area contributed by atoms with E-state index in [1.807, 2.05) is 31.2 Å². The van der Waals surface area contributed by atoms with Crippen LogP contribution in [0.2, 0.25) is 0 Å². The molecule has 0 saturated heterocycles. The van der Waals surface area contributed by atoms with Crippen LogP contribution < -0.4 is 10.1 Å². The standard InChI is InChI=1S/C23H22FNO3/c1-2-28-21-6-4-3-5-17(21)18-13-22(27)25-19-11-15(12-20(26)23(18)19)14-7-9-16(24)10-8-14/h3-10,15,18H,2,11-13H2,1H3,(H,25,27)/t15-,18-/m1/s1. The van der Waals surface area contributed by atoms with Gasteiger partial charge in [-0.25, -0.2) is 4.39 Å². The number of amides is 1. The highest BCUT2D eigenvalue weighted by molar-refractivity contribution is 6.02. The molecule has 2 atom stereocenters. The van der Waals surface area contributed by atoms with Gasteiger partial charge >= 0.3 is 0 Å². The molecule has 0 aromatic heterocycles. The highest BCUT2D eigenvalue weighted by Crippen LogP contribution is 2.44. The summed E-state index contributed by atoms with van der Waals surface area (Å²) in [5.74, 6) is -0.00921. The summed E-state index contributed by atoms with van der Waals surface area (Å²) in [7, 11) is 0. The molecule has 2 aromatic rings. The van der Waals surface area contributed by atoms with Gasteiger partial charge in [0.05, 0.1) is 6.61 Å². The number of rotatable bonds is 4. The van der Waals surface area contributed by atoms with Crippen LogP contribution in [0.25, 0.3) is 0 Å². The monoisotopic (exact) mass is 379 g/mol.